The molecule has 2 N–H and O–H groups in total. The van der Waals surface area contributed by atoms with Crippen molar-refractivity contribution in [3.63, 3.8) is 0 Å². The minimum Gasteiger partial charge on any atom is -0.624 e. The third-order valence-electron chi connectivity index (χ3n) is 8.30. The van der Waals surface area contributed by atoms with Gasteiger partial charge in [0.05, 0.1) is 22.3 Å². The highest BCUT2D eigenvalue weighted by molar-refractivity contribution is 6.12. The average molecular weight is 599 g/mol. The number of unbranched alkanes of at least 4 members (excludes halogenated alkanes) is 8. The number of hydrogen-bond acceptors (Lipinski definition) is 4. The second-order valence-corrected chi connectivity index (χ2v) is 11.6. The molecule has 236 valence electrons. The largest absolute Gasteiger partial charge is 0.624 e. The van der Waals surface area contributed by atoms with Gasteiger partial charge in [-0.3, -0.25) is 9.59 Å². The molecule has 44 heavy (non-hydrogen) atoms. The second kappa shape index (κ2) is 18.2. The number of benzene rings is 2. The predicted octanol–water partition coefficient (Wildman–Crippen LogP) is 8.70. The number of allylic oxidation sites excluding steroid dienone is 5. The van der Waals surface area contributed by atoms with Crippen LogP contribution in [-0.4, -0.2) is 15.7 Å². The Kier molecular flexibility index (Phi) is 14.3. The number of carbonyl (C=O) groups excluding carboxylic acids is 1. The van der Waals surface area contributed by atoms with Crippen LogP contribution in [0.1, 0.15) is 113 Å². The normalized spacial score (nSPS) is 14.8. The maximum absolute atomic E-state index is 12.5. The average Bonchev–Trinajstić information content (AvgIpc) is 3.05. The van der Waals surface area contributed by atoms with Crippen LogP contribution in [0, 0.1) is 12.1 Å². The molecule has 1 atom stereocenters. The van der Waals surface area contributed by atoms with E-state index in [1.54, 1.807) is 44.2 Å². The molecule has 0 spiro atoms. The summed E-state index contributed by atoms with van der Waals surface area (Å²) >= 11 is 0. The van der Waals surface area contributed by atoms with Gasteiger partial charge < -0.3 is 15.5 Å². The van der Waals surface area contributed by atoms with E-state index in [1.165, 1.54) is 51.4 Å². The second-order valence-electron chi connectivity index (χ2n) is 11.6. The molecule has 3 aromatic rings. The molecule has 0 saturated heterocycles. The summed E-state index contributed by atoms with van der Waals surface area (Å²) in [6.07, 6.45) is 21.6. The van der Waals surface area contributed by atoms with Gasteiger partial charge in [-0.15, -0.1) is 0 Å². The third kappa shape index (κ3) is 9.13. The highest BCUT2D eigenvalue weighted by Gasteiger charge is 2.28. The summed E-state index contributed by atoms with van der Waals surface area (Å²) in [5.41, 5.74) is 4.21. The fourth-order valence-electron chi connectivity index (χ4n) is 5.53. The lowest BCUT2D eigenvalue weighted by atomic mass is 9.95. The van der Waals surface area contributed by atoms with Crippen LogP contribution in [0.25, 0.3) is 10.9 Å². The van der Waals surface area contributed by atoms with Crippen molar-refractivity contribution in [2.24, 2.45) is 0 Å². The first-order chi connectivity index (χ1) is 21.3. The molecule has 1 aliphatic heterocycles. The van der Waals surface area contributed by atoms with Crippen LogP contribution in [-0.2, 0) is 6.42 Å². The maximum Gasteiger partial charge on any atom is 0.200 e. The SMILES string of the molecule is CCCCCC/C=C/CC1=C(C)C(=O)c2ccccc2[NH+]1[O-].CCCCCC/C=C/Cc1c(C)c(=O)c2ccccc2n1O. The Balaban J connectivity index is 0.000000240. The fourth-order valence-corrected chi connectivity index (χ4v) is 5.53. The summed E-state index contributed by atoms with van der Waals surface area (Å²) in [5, 5.41) is 23.5. The molecule has 0 radical (unpaired) electrons. The van der Waals surface area contributed by atoms with Crippen LogP contribution in [0.4, 0.5) is 5.69 Å². The summed E-state index contributed by atoms with van der Waals surface area (Å²) in [7, 11) is 0. The van der Waals surface area contributed by atoms with E-state index >= 15 is 0 Å². The van der Waals surface area contributed by atoms with E-state index in [0.29, 0.717) is 57.5 Å². The molecular weight excluding hydrogens is 548 g/mol. The van der Waals surface area contributed by atoms with Gasteiger partial charge in [0.25, 0.3) is 0 Å². The number of rotatable bonds is 14. The molecule has 0 fully saturated rings. The van der Waals surface area contributed by atoms with Crippen molar-refractivity contribution in [2.45, 2.75) is 105 Å². The van der Waals surface area contributed by atoms with Crippen molar-refractivity contribution in [1.82, 2.24) is 4.73 Å². The van der Waals surface area contributed by atoms with Crippen molar-refractivity contribution >= 4 is 22.4 Å². The van der Waals surface area contributed by atoms with E-state index in [4.69, 9.17) is 0 Å². The number of para-hydroxylation sites is 2. The first-order valence-corrected chi connectivity index (χ1v) is 16.3. The Morgan fingerprint density at radius 3 is 2.02 bits per heavy atom. The van der Waals surface area contributed by atoms with Gasteiger partial charge in [0.1, 0.15) is 11.4 Å². The third-order valence-corrected chi connectivity index (χ3v) is 8.30. The van der Waals surface area contributed by atoms with Crippen LogP contribution < -0.4 is 10.5 Å². The van der Waals surface area contributed by atoms with Gasteiger partial charge in [0.2, 0.25) is 0 Å². The monoisotopic (exact) mass is 598 g/mol. The lowest BCUT2D eigenvalue weighted by Gasteiger charge is -2.30. The standard InChI is InChI=1S/2C19H25NO2/c2*1-3-4-5-6-7-8-9-13-17-15(2)19(21)16-12-10-11-14-18(16)20(17)22/h8-12,14,22H,3-7,13H2,1-2H3;8-12,14,20H,3-7,13H2,1-2H3/b2*9-8+. The Morgan fingerprint density at radius 2 is 1.36 bits per heavy atom. The molecule has 1 aromatic heterocycles. The van der Waals surface area contributed by atoms with Crippen LogP contribution in [0.2, 0.25) is 0 Å². The minimum absolute atomic E-state index is 0.00309. The quantitative estimate of drug-likeness (QED) is 0.0841. The number of Topliss-reactive ketones (excluding diaryl/α,β-unsaturated/α-hetero) is 1. The van der Waals surface area contributed by atoms with E-state index in [0.717, 1.165) is 17.6 Å². The van der Waals surface area contributed by atoms with E-state index in [9.17, 15) is 20.0 Å². The molecule has 1 aliphatic rings. The summed E-state index contributed by atoms with van der Waals surface area (Å²) in [4.78, 5) is 24.7. The molecule has 0 bridgehead atoms. The van der Waals surface area contributed by atoms with Gasteiger partial charge in [-0.25, -0.2) is 0 Å². The number of nitrogens with one attached hydrogen (secondary N) is 1. The molecule has 1 unspecified atom stereocenters. The number of nitrogens with zero attached hydrogens (tertiary/aromatic N) is 1. The molecule has 2 heterocycles. The Morgan fingerprint density at radius 1 is 0.773 bits per heavy atom. The zero-order valence-electron chi connectivity index (χ0n) is 27.0. The number of hydrogen-bond donors (Lipinski definition) is 2. The number of carbonyl (C=O) groups is 1. The van der Waals surface area contributed by atoms with E-state index < -0.39 is 0 Å². The fraction of sp³-hybridized carbons (Fsp3) is 0.421. The van der Waals surface area contributed by atoms with Crippen LogP contribution in [0.5, 0.6) is 0 Å². The minimum atomic E-state index is -0.0125. The van der Waals surface area contributed by atoms with Gasteiger partial charge in [-0.05, 0) is 57.7 Å². The molecule has 0 saturated carbocycles. The summed E-state index contributed by atoms with van der Waals surface area (Å²) in [6, 6.07) is 14.3. The summed E-state index contributed by atoms with van der Waals surface area (Å²) in [6.45, 7) is 7.96. The molecule has 6 heteroatoms. The van der Waals surface area contributed by atoms with Crippen molar-refractivity contribution in [2.75, 3.05) is 0 Å². The topological polar surface area (TPSA) is 86.8 Å². The van der Waals surface area contributed by atoms with Gasteiger partial charge in [-0.2, -0.15) is 4.73 Å². The molecule has 2 aromatic carbocycles. The van der Waals surface area contributed by atoms with E-state index in [2.05, 4.69) is 32.1 Å². The summed E-state index contributed by atoms with van der Waals surface area (Å²) < 4.78 is 1.16. The first kappa shape index (κ1) is 34.7. The number of hydroxylamine groups is 1. The van der Waals surface area contributed by atoms with Crippen molar-refractivity contribution in [3.05, 3.63) is 116 Å². The molecule has 0 amide bonds. The van der Waals surface area contributed by atoms with E-state index in [-0.39, 0.29) is 16.3 Å². The number of quaternary nitrogens is 1. The number of ketones is 1. The summed E-state index contributed by atoms with van der Waals surface area (Å²) in [5.74, 6) is -0.0125. The zero-order chi connectivity index (χ0) is 31.9. The highest BCUT2D eigenvalue weighted by Crippen LogP contribution is 2.23. The lowest BCUT2D eigenvalue weighted by molar-refractivity contribution is -0.733. The smallest absolute Gasteiger partial charge is 0.200 e. The van der Waals surface area contributed by atoms with Gasteiger partial charge >= 0.3 is 0 Å². The molecule has 0 aliphatic carbocycles. The van der Waals surface area contributed by atoms with Gasteiger partial charge in [0, 0.05) is 29.9 Å². The highest BCUT2D eigenvalue weighted by atomic mass is 16.5. The van der Waals surface area contributed by atoms with Crippen molar-refractivity contribution in [1.29, 1.82) is 0 Å². The van der Waals surface area contributed by atoms with Crippen LogP contribution >= 0.6 is 0 Å². The first-order valence-electron chi connectivity index (χ1n) is 16.3. The number of pyridine rings is 1. The van der Waals surface area contributed by atoms with Crippen LogP contribution in [0.15, 0.2) is 88.9 Å². The maximum atomic E-state index is 12.5. The van der Waals surface area contributed by atoms with Crippen LogP contribution in [0.3, 0.4) is 0 Å². The van der Waals surface area contributed by atoms with Gasteiger partial charge in [0.15, 0.2) is 11.2 Å². The predicted molar refractivity (Wildman–Crippen MR) is 182 cm³/mol. The molecule has 6 nitrogen and oxygen atoms in total. The number of fused-ring (bicyclic) bond motifs is 2. The Hall–Kier alpha value is -3.74. The van der Waals surface area contributed by atoms with Crippen molar-refractivity contribution < 1.29 is 15.1 Å². The zero-order valence-corrected chi connectivity index (χ0v) is 27.0. The van der Waals surface area contributed by atoms with E-state index in [1.807, 2.05) is 24.3 Å². The van der Waals surface area contributed by atoms with Crippen molar-refractivity contribution in [3.8, 4) is 0 Å². The molecular formula is C38H50N2O4. The lowest BCUT2D eigenvalue weighted by Crippen LogP contribution is -3.01. The molecule has 4 rings (SSSR count). The Labute approximate surface area is 263 Å². The van der Waals surface area contributed by atoms with Gasteiger partial charge in [-0.1, -0.05) is 101 Å². The number of aromatic nitrogens is 1. The Bertz CT molecular complexity index is 1530.